The Morgan fingerprint density at radius 3 is 2.73 bits per heavy atom. The van der Waals surface area contributed by atoms with Gasteiger partial charge < -0.3 is 0 Å². The van der Waals surface area contributed by atoms with Crippen LogP contribution in [0.5, 0.6) is 0 Å². The van der Waals surface area contributed by atoms with Crippen molar-refractivity contribution in [3.05, 3.63) is 11.3 Å². The summed E-state index contributed by atoms with van der Waals surface area (Å²) in [6.45, 7) is 6.08. The number of aliphatic imine (C=N–C) groups is 1. The molecule has 0 bridgehead atoms. The summed E-state index contributed by atoms with van der Waals surface area (Å²) in [7, 11) is 0. The first kappa shape index (κ1) is 6.77. The van der Waals surface area contributed by atoms with Gasteiger partial charge in [0.2, 0.25) is 0 Å². The summed E-state index contributed by atoms with van der Waals surface area (Å²) < 4.78 is 6.97. The monoisotopic (exact) mass is 152 g/mol. The molecular formula is C9H13NO. The van der Waals surface area contributed by atoms with Crippen LogP contribution in [0.15, 0.2) is 16.3 Å². The van der Waals surface area contributed by atoms with Crippen molar-refractivity contribution < 1.29 is 6.17 Å². The van der Waals surface area contributed by atoms with Gasteiger partial charge in [0.25, 0.3) is 0 Å². The van der Waals surface area contributed by atoms with E-state index in [2.05, 4.69) is 4.99 Å². The molecule has 0 saturated heterocycles. The lowest BCUT2D eigenvalue weighted by molar-refractivity contribution is -0.105. The predicted molar refractivity (Wildman–Crippen MR) is 45.7 cm³/mol. The van der Waals surface area contributed by atoms with Crippen LogP contribution in [0, 0.1) is 5.41 Å². The van der Waals surface area contributed by atoms with Gasteiger partial charge >= 0.3 is 0 Å². The summed E-state index contributed by atoms with van der Waals surface area (Å²) in [6.07, 6.45) is 1.74. The molecule has 0 fully saturated rings. The van der Waals surface area contributed by atoms with Gasteiger partial charge in [0.1, 0.15) is 7.07 Å². The number of aldehydes is 1. The van der Waals surface area contributed by atoms with Crippen molar-refractivity contribution in [1.29, 1.82) is 0 Å². The first-order valence-corrected chi connectivity index (χ1v) is 3.70. The van der Waals surface area contributed by atoms with Gasteiger partial charge in [-0.2, -0.15) is 0 Å². The summed E-state index contributed by atoms with van der Waals surface area (Å²) in [5.74, 6) is 0. The van der Waals surface area contributed by atoms with Gasteiger partial charge in [-0.15, -0.1) is 0 Å². The largest absolute Gasteiger partial charge is 0.296 e. The summed E-state index contributed by atoms with van der Waals surface area (Å²) in [6, 6.07) is 0. The van der Waals surface area contributed by atoms with Crippen LogP contribution in [0.3, 0.4) is 0 Å². The fourth-order valence-corrected chi connectivity index (χ4v) is 1.15. The van der Waals surface area contributed by atoms with Crippen LogP contribution >= 0.6 is 0 Å². The van der Waals surface area contributed by atoms with Crippen LogP contribution in [0.25, 0.3) is 0 Å². The van der Waals surface area contributed by atoms with E-state index in [0.717, 1.165) is 5.57 Å². The minimum absolute atomic E-state index is 0.0530. The molecule has 0 aromatic rings. The van der Waals surface area contributed by atoms with Crippen molar-refractivity contribution in [2.24, 2.45) is 10.4 Å². The third kappa shape index (κ3) is 1.56. The topological polar surface area (TPSA) is 29.4 Å². The molecule has 0 unspecified atom stereocenters. The maximum absolute atomic E-state index is 10.8. The van der Waals surface area contributed by atoms with Gasteiger partial charge in [-0.3, -0.25) is 9.79 Å². The third-order valence-electron chi connectivity index (χ3n) is 1.80. The van der Waals surface area contributed by atoms with E-state index in [1.807, 2.05) is 20.8 Å². The zero-order chi connectivity index (χ0) is 9.35. The molecular weight excluding hydrogens is 138 g/mol. The summed E-state index contributed by atoms with van der Waals surface area (Å²) in [5.41, 5.74) is 1.26. The first-order chi connectivity index (χ1) is 5.43. The number of rotatable bonds is 1. The van der Waals surface area contributed by atoms with Gasteiger partial charge in [-0.25, -0.2) is 0 Å². The van der Waals surface area contributed by atoms with Gasteiger partial charge in [-0.1, -0.05) is 20.8 Å². The smallest absolute Gasteiger partial charge is 0.168 e. The van der Waals surface area contributed by atoms with Crippen LogP contribution in [-0.2, 0) is 4.79 Å². The van der Waals surface area contributed by atoms with Crippen molar-refractivity contribution in [1.82, 2.24) is 0 Å². The van der Waals surface area contributed by atoms with Crippen molar-refractivity contribution in [2.45, 2.75) is 27.2 Å². The van der Waals surface area contributed by atoms with Crippen LogP contribution < -0.4 is 0 Å². The number of nitrogens with zero attached hydrogens (tertiary/aromatic N) is 1. The highest BCUT2D eigenvalue weighted by molar-refractivity contribution is 5.83. The molecule has 1 aliphatic heterocycles. The highest BCUT2D eigenvalue weighted by atomic mass is 16.1. The number of carbonyl (C=O) groups excluding carboxylic acids is 1. The minimum Gasteiger partial charge on any atom is -0.296 e. The Bertz CT molecular complexity index is 271. The molecule has 0 aromatic carbocycles. The zero-order valence-corrected chi connectivity index (χ0v) is 7.14. The second kappa shape index (κ2) is 2.61. The van der Waals surface area contributed by atoms with Gasteiger partial charge in [0.05, 0.1) is 0 Å². The van der Waals surface area contributed by atoms with E-state index in [1.54, 1.807) is 6.21 Å². The van der Waals surface area contributed by atoms with Crippen LogP contribution in [0.2, 0.25) is 0 Å². The molecule has 0 aromatic heterocycles. The number of hydrogen-bond acceptors (Lipinski definition) is 2. The summed E-state index contributed by atoms with van der Waals surface area (Å²) >= 11 is 0. The quantitative estimate of drug-likeness (QED) is 0.528. The molecule has 0 spiro atoms. The number of hydrogen-bond donors (Lipinski definition) is 0. The Morgan fingerprint density at radius 2 is 2.36 bits per heavy atom. The number of carbonyl (C=O) groups is 1. The second-order valence-corrected chi connectivity index (χ2v) is 3.70. The molecule has 0 aliphatic carbocycles. The molecule has 60 valence electrons. The van der Waals surface area contributed by atoms with E-state index < -0.39 is 6.26 Å². The molecule has 0 amide bonds. The van der Waals surface area contributed by atoms with Gasteiger partial charge in [0, 0.05) is 12.6 Å². The Hall–Kier alpha value is -0.920. The predicted octanol–water partition coefficient (Wildman–Crippen LogP) is 1.96. The second-order valence-electron chi connectivity index (χ2n) is 3.70. The highest BCUT2D eigenvalue weighted by Crippen LogP contribution is 2.32. The summed E-state index contributed by atoms with van der Waals surface area (Å²) in [4.78, 5) is 14.7. The maximum Gasteiger partial charge on any atom is 0.168 e. The van der Waals surface area contributed by atoms with Gasteiger partial charge in [0.15, 0.2) is 6.26 Å². The normalized spacial score (nSPS) is 19.0. The molecule has 2 heteroatoms. The Labute approximate surface area is 68.4 Å². The molecule has 1 rings (SSSR count). The Kier molecular flexibility index (Phi) is 1.60. The first-order valence-electron chi connectivity index (χ1n) is 4.20. The van der Waals surface area contributed by atoms with Crippen LogP contribution in [0.4, 0.5) is 0 Å². The maximum atomic E-state index is 10.8. The van der Waals surface area contributed by atoms with Crippen molar-refractivity contribution >= 4 is 12.5 Å². The Morgan fingerprint density at radius 1 is 1.73 bits per heavy atom. The lowest BCUT2D eigenvalue weighted by Gasteiger charge is -2.19. The lowest BCUT2D eigenvalue weighted by Crippen LogP contribution is -2.10. The molecule has 0 saturated carbocycles. The molecule has 0 radical (unpaired) electrons. The van der Waals surface area contributed by atoms with Crippen molar-refractivity contribution in [3.8, 4) is 0 Å². The Balaban J connectivity index is 3.05. The van der Waals surface area contributed by atoms with Crippen molar-refractivity contribution in [2.75, 3.05) is 0 Å². The summed E-state index contributed by atoms with van der Waals surface area (Å²) in [5, 5.41) is 0. The average Bonchev–Trinajstić information content (AvgIpc) is 2.30. The lowest BCUT2D eigenvalue weighted by atomic mass is 9.84. The number of allylic oxidation sites excluding steroid dienone is 2. The molecule has 11 heavy (non-hydrogen) atoms. The standard InChI is InChI=1S/C9H13NO/c1-9(2,3)7-4-5-10-8(7)6-11/h5-6H,4H2,1-3H3/i6D. The fourth-order valence-electron chi connectivity index (χ4n) is 1.15. The van der Waals surface area contributed by atoms with E-state index in [0.29, 0.717) is 12.1 Å². The van der Waals surface area contributed by atoms with Crippen LogP contribution in [-0.4, -0.2) is 12.5 Å². The fraction of sp³-hybridized carbons (Fsp3) is 0.556. The highest BCUT2D eigenvalue weighted by Gasteiger charge is 2.22. The minimum atomic E-state index is -0.673. The van der Waals surface area contributed by atoms with E-state index in [1.165, 1.54) is 0 Å². The molecule has 1 aliphatic rings. The van der Waals surface area contributed by atoms with Gasteiger partial charge in [-0.05, 0) is 11.0 Å². The zero-order valence-electron chi connectivity index (χ0n) is 8.14. The molecule has 0 atom stereocenters. The molecule has 0 N–H and O–H groups in total. The third-order valence-corrected chi connectivity index (χ3v) is 1.80. The average molecular weight is 152 g/mol. The van der Waals surface area contributed by atoms with Crippen LogP contribution in [0.1, 0.15) is 28.6 Å². The SMILES string of the molecule is [2H]C(=O)C1=C(C(C)(C)C)CC=N1. The molecule has 1 heterocycles. The van der Waals surface area contributed by atoms with E-state index in [4.69, 9.17) is 1.37 Å². The van der Waals surface area contributed by atoms with E-state index >= 15 is 0 Å². The van der Waals surface area contributed by atoms with E-state index in [9.17, 15) is 4.79 Å². The van der Waals surface area contributed by atoms with E-state index in [-0.39, 0.29) is 5.41 Å². The van der Waals surface area contributed by atoms with Crippen molar-refractivity contribution in [3.63, 3.8) is 0 Å². The molecule has 2 nitrogen and oxygen atoms in total.